The highest BCUT2D eigenvalue weighted by Crippen LogP contribution is 2.42. The number of aromatic nitrogens is 6. The van der Waals surface area contributed by atoms with Crippen LogP contribution in [0.2, 0.25) is 0 Å². The fraction of sp³-hybridized carbons (Fsp3) is 0.283. The number of rotatable bonds is 16. The van der Waals surface area contributed by atoms with Crippen molar-refractivity contribution in [3.8, 4) is 79.7 Å². The van der Waals surface area contributed by atoms with E-state index in [0.717, 1.165) is 155 Å². The molecule has 0 radical (unpaired) electrons. The molecule has 0 unspecified atom stereocenters. The summed E-state index contributed by atoms with van der Waals surface area (Å²) in [6, 6.07) is 68.7. The molecule has 27 heteroatoms. The molecule has 0 spiro atoms. The van der Waals surface area contributed by atoms with Gasteiger partial charge in [0.05, 0.1) is 71.9 Å². The average Bonchev–Trinajstić information content (AvgIpc) is 1.60. The first-order valence-corrected chi connectivity index (χ1v) is 43.7. The molecule has 24 nitrogen and oxygen atoms in total. The van der Waals surface area contributed by atoms with Gasteiger partial charge in [0.25, 0.3) is 20.0 Å². The monoisotopic (exact) mass is 1700 g/mol. The van der Waals surface area contributed by atoms with Gasteiger partial charge in [0, 0.05) is 127 Å². The Hall–Kier alpha value is -11.9. The molecule has 0 atom stereocenters. The summed E-state index contributed by atoms with van der Waals surface area (Å²) in [5.74, 6) is 1.12. The van der Waals surface area contributed by atoms with Gasteiger partial charge in [-0.3, -0.25) is 0 Å². The van der Waals surface area contributed by atoms with E-state index in [-0.39, 0.29) is 33.7 Å². The number of ether oxygens (including phenoxy) is 6. The third-order valence-electron chi connectivity index (χ3n) is 21.8. The second-order valence-corrected chi connectivity index (χ2v) is 35.0. The molecule has 0 aliphatic carbocycles. The summed E-state index contributed by atoms with van der Waals surface area (Å²) >= 11 is 3.54. The van der Waals surface area contributed by atoms with Gasteiger partial charge in [0.1, 0.15) is 47.1 Å². The van der Waals surface area contributed by atoms with Crippen molar-refractivity contribution in [2.75, 3.05) is 120 Å². The summed E-state index contributed by atoms with van der Waals surface area (Å²) in [4.78, 5) is 38.5. The predicted octanol–water partition coefficient (Wildman–Crippen LogP) is 16.4. The number of H-pyrrole nitrogens is 1. The van der Waals surface area contributed by atoms with E-state index >= 15 is 0 Å². The maximum absolute atomic E-state index is 14.3. The quantitative estimate of drug-likeness (QED) is 0.0909. The molecule has 5 fully saturated rings. The third kappa shape index (κ3) is 17.9. The van der Waals surface area contributed by atoms with Gasteiger partial charge in [-0.1, -0.05) is 84.9 Å². The molecular weight excluding hydrogens is 1610 g/mol. The maximum Gasteiger partial charge on any atom is 0.410 e. The van der Waals surface area contributed by atoms with E-state index in [1.807, 2.05) is 130 Å². The van der Waals surface area contributed by atoms with Gasteiger partial charge in [-0.05, 0) is 223 Å². The van der Waals surface area contributed by atoms with Crippen LogP contribution in [0.15, 0.2) is 239 Å². The van der Waals surface area contributed by atoms with E-state index in [9.17, 15) is 32.2 Å². The van der Waals surface area contributed by atoms with Crippen LogP contribution in [0.25, 0.3) is 89.1 Å². The first-order chi connectivity index (χ1) is 57.8. The summed E-state index contributed by atoms with van der Waals surface area (Å²) in [6.07, 6.45) is 7.78. The first kappa shape index (κ1) is 80.9. The predicted molar refractivity (Wildman–Crippen MR) is 465 cm³/mol. The first-order valence-electron chi connectivity index (χ1n) is 40.0. The largest absolute Gasteiger partial charge is 0.489 e. The minimum absolute atomic E-state index is 0.149. The lowest BCUT2D eigenvalue weighted by molar-refractivity contribution is 0.0126. The lowest BCUT2D eigenvalue weighted by atomic mass is 10.0. The number of nitriles is 2. The van der Waals surface area contributed by atoms with Crippen LogP contribution >= 0.6 is 15.9 Å². The van der Waals surface area contributed by atoms with E-state index < -0.39 is 25.6 Å². The molecule has 2 N–H and O–H groups in total. The van der Waals surface area contributed by atoms with Crippen molar-refractivity contribution < 1.29 is 50.1 Å². The summed E-state index contributed by atoms with van der Waals surface area (Å²) in [5.41, 5.74) is 13.4. The molecule has 11 heterocycles. The van der Waals surface area contributed by atoms with Crippen molar-refractivity contribution in [2.24, 2.45) is 0 Å². The highest BCUT2D eigenvalue weighted by molar-refractivity contribution is 9.10. The molecule has 119 heavy (non-hydrogen) atoms. The number of carbonyl (C=O) groups is 1. The zero-order valence-electron chi connectivity index (χ0n) is 66.3. The Labute approximate surface area is 700 Å². The van der Waals surface area contributed by atoms with Crippen molar-refractivity contribution in [3.63, 3.8) is 0 Å². The number of piperidine rings is 2. The van der Waals surface area contributed by atoms with Gasteiger partial charge < -0.3 is 58.3 Å². The normalized spacial score (nSPS) is 15.8. The highest BCUT2D eigenvalue weighted by Gasteiger charge is 2.32. The zero-order chi connectivity index (χ0) is 82.2. The Morgan fingerprint density at radius 1 is 0.471 bits per heavy atom. The molecule has 7 aromatic carbocycles. The SMILES string of the molecule is CC(C)(C)OC(=O)N1CCC(Oc2ccc(-c3ccnc4c3cc(-c3ccc(N5CCOCC5)cc3)n4S(=O)(=O)c3ccccc3)cc2C#N)CC1.N#Cc1cc(-c2ccnc3[nH]c(-c4ccc(N5CCOCC5)cc4)cc23)ccc1OC1CCNCC1.O=S(=O)(c1ccccc1)n1c(-c2ccc(N3CCOCC3)cc2)cc2c(Br)ccnc21. The lowest BCUT2D eigenvalue weighted by Crippen LogP contribution is -2.44. The minimum atomic E-state index is -4.06. The molecule has 1 amide bonds. The van der Waals surface area contributed by atoms with E-state index in [1.54, 1.807) is 90.1 Å². The van der Waals surface area contributed by atoms with Crippen LogP contribution in [-0.2, 0) is 39.0 Å². The number of benzene rings is 7. The molecule has 18 rings (SSSR count). The molecule has 0 bridgehead atoms. The summed E-state index contributed by atoms with van der Waals surface area (Å²) in [5, 5.41) is 25.8. The number of anilines is 3. The molecule has 5 aliphatic rings. The number of hydrogen-bond acceptors (Lipinski definition) is 20. The highest BCUT2D eigenvalue weighted by atomic mass is 79.9. The smallest absolute Gasteiger partial charge is 0.410 e. The van der Waals surface area contributed by atoms with Crippen LogP contribution in [0.3, 0.4) is 0 Å². The average molecular weight is 1700 g/mol. The van der Waals surface area contributed by atoms with Crippen LogP contribution in [0.5, 0.6) is 11.5 Å². The van der Waals surface area contributed by atoms with Gasteiger partial charge in [-0.2, -0.15) is 10.5 Å². The number of morpholine rings is 3. The topological polar surface area (TPSA) is 278 Å². The van der Waals surface area contributed by atoms with E-state index in [1.165, 1.54) is 13.6 Å². The molecule has 608 valence electrons. The van der Waals surface area contributed by atoms with Crippen LogP contribution in [0.1, 0.15) is 57.6 Å². The van der Waals surface area contributed by atoms with Gasteiger partial charge in [-0.15, -0.1) is 0 Å². The Morgan fingerprint density at radius 3 is 1.34 bits per heavy atom. The van der Waals surface area contributed by atoms with Gasteiger partial charge in [-0.25, -0.2) is 44.5 Å². The second-order valence-electron chi connectivity index (χ2n) is 30.6. The van der Waals surface area contributed by atoms with Gasteiger partial charge >= 0.3 is 6.09 Å². The summed E-state index contributed by atoms with van der Waals surface area (Å²) < 4.78 is 93.8. The van der Waals surface area contributed by atoms with E-state index in [2.05, 4.69) is 98.4 Å². The van der Waals surface area contributed by atoms with E-state index in [4.69, 9.17) is 28.4 Å². The number of halogens is 1. The third-order valence-corrected chi connectivity index (χ3v) is 25.9. The minimum Gasteiger partial charge on any atom is -0.489 e. The van der Waals surface area contributed by atoms with Crippen molar-refractivity contribution in [1.82, 2.24) is 38.1 Å². The zero-order valence-corrected chi connectivity index (χ0v) is 69.5. The van der Waals surface area contributed by atoms with Crippen LogP contribution in [0, 0.1) is 22.7 Å². The Balaban J connectivity index is 0.000000139. The fourth-order valence-electron chi connectivity index (χ4n) is 15.6. The number of fused-ring (bicyclic) bond motifs is 3. The Kier molecular flexibility index (Phi) is 24.3. The summed E-state index contributed by atoms with van der Waals surface area (Å²) in [7, 11) is -7.90. The van der Waals surface area contributed by atoms with Crippen LogP contribution in [0.4, 0.5) is 21.9 Å². The number of pyridine rings is 3. The Bertz CT molecular complexity index is 6120. The number of hydrogen-bond donors (Lipinski definition) is 2. The number of nitrogens with one attached hydrogen (secondary N) is 2. The molecular formula is C92H90BrN13O11S2. The molecule has 13 aromatic rings. The van der Waals surface area contributed by atoms with Crippen molar-refractivity contribution >= 4 is 92.2 Å². The van der Waals surface area contributed by atoms with Gasteiger partial charge in [0.15, 0.2) is 11.3 Å². The molecule has 5 aliphatic heterocycles. The standard InChI is InChI=1S/C40H41N5O6S.C29H29N5O2.C23H20BrN3O3S/c1-40(2,3)51-39(46)44-19-16-32(17-20-44)50-37-14-11-29(25-30(37)27-41)34-15-18-42-38-35(34)26-36(45(38)52(47,48)33-7-5-4-6-8-33)28-9-12-31(13-10-28)43-21-23-49-24-22-43;30-19-22-17-21(3-6-28(22)36-24-7-10-31-11-8-24)25-9-12-32-29-26(25)18-27(33-29)20-1-4-23(5-2-20)34-13-15-35-16-14-34;24-21-10-11-25-23-20(21)16-22(27(23)31(28,29)19-4-2-1-3-5-19)17-6-8-18(9-7-17)26-12-14-30-15-13-26/h4-15,18,25-26,32H,16-17,19-24H2,1-3H3;1-6,9,12,17-18,24,31H,7-8,10-11,13-16H2,(H,32,33);1-11,16H,12-15H2. The van der Waals surface area contributed by atoms with Crippen molar-refractivity contribution in [2.45, 2.75) is 74.1 Å². The van der Waals surface area contributed by atoms with Crippen LogP contribution < -0.4 is 29.5 Å². The number of carbonyl (C=O) groups excluding carboxylic acids is 1. The van der Waals surface area contributed by atoms with Gasteiger partial charge in [0.2, 0.25) is 0 Å². The molecule has 5 saturated heterocycles. The number of likely N-dealkylation sites (tertiary alicyclic amines) is 1. The molecule has 0 saturated carbocycles. The fourth-order valence-corrected chi connectivity index (χ4v) is 19.0. The second kappa shape index (κ2) is 35.7. The van der Waals surface area contributed by atoms with Crippen molar-refractivity contribution in [1.29, 1.82) is 10.5 Å². The lowest BCUT2D eigenvalue weighted by Gasteiger charge is -2.33. The van der Waals surface area contributed by atoms with Crippen LogP contribution in [-0.4, -0.2) is 179 Å². The maximum atomic E-state index is 14.3. The number of aromatic amines is 1. The summed E-state index contributed by atoms with van der Waals surface area (Å²) in [6.45, 7) is 17.8. The van der Waals surface area contributed by atoms with Crippen molar-refractivity contribution in [3.05, 3.63) is 240 Å². The molecule has 6 aromatic heterocycles. The van der Waals surface area contributed by atoms with E-state index in [0.29, 0.717) is 97.4 Å². The Morgan fingerprint density at radius 2 is 0.882 bits per heavy atom. The number of amides is 1. The number of nitrogens with zero attached hydrogens (tertiary/aromatic N) is 11.